The number of aryl methyl sites for hydroxylation is 1. The van der Waals surface area contributed by atoms with Gasteiger partial charge < -0.3 is 0 Å². The van der Waals surface area contributed by atoms with Crippen LogP contribution < -0.4 is 0 Å². The molecule has 1 aromatic rings. The Balaban J connectivity index is 1.98. The van der Waals surface area contributed by atoms with Crippen LogP contribution in [0.1, 0.15) is 79.7 Å². The van der Waals surface area contributed by atoms with Gasteiger partial charge in [-0.1, -0.05) is 26.8 Å². The van der Waals surface area contributed by atoms with Crippen molar-refractivity contribution in [2.45, 2.75) is 64.2 Å². The van der Waals surface area contributed by atoms with Gasteiger partial charge in [0.1, 0.15) is 5.69 Å². The molecule has 1 aromatic heterocycles. The van der Waals surface area contributed by atoms with E-state index in [1.807, 2.05) is 0 Å². The van der Waals surface area contributed by atoms with Gasteiger partial charge in [-0.2, -0.15) is 0 Å². The number of aromatic nitrogens is 1. The van der Waals surface area contributed by atoms with Crippen molar-refractivity contribution in [3.63, 3.8) is 0 Å². The molecule has 100 valence electrons. The molecule has 0 spiro atoms. The summed E-state index contributed by atoms with van der Waals surface area (Å²) in [5, 5.41) is 0. The average molecular weight is 255 g/mol. The molecule has 2 heteroatoms. The minimum Gasteiger partial charge on any atom is -0.292 e. The predicted octanol–water partition coefficient (Wildman–Crippen LogP) is 3.78. The molecule has 0 amide bonds. The summed E-state index contributed by atoms with van der Waals surface area (Å²) in [7, 11) is 0. The Labute approximate surface area is 114 Å². The van der Waals surface area contributed by atoms with E-state index in [1.165, 1.54) is 29.7 Å². The molecular weight excluding hydrogens is 234 g/mol. The fourth-order valence-corrected chi connectivity index (χ4v) is 4.74. The number of carbonyl (C=O) groups is 1. The number of pyridine rings is 1. The number of nitrogens with zero attached hydrogens (tertiary/aromatic N) is 1. The number of hydrogen-bond acceptors (Lipinski definition) is 2. The Kier molecular flexibility index (Phi) is 2.01. The first-order valence-electron chi connectivity index (χ1n) is 7.52. The number of carbonyl (C=O) groups excluding carboxylic acids is 1. The van der Waals surface area contributed by atoms with Crippen LogP contribution in [0.4, 0.5) is 0 Å². The van der Waals surface area contributed by atoms with Crippen LogP contribution in [0.3, 0.4) is 0 Å². The van der Waals surface area contributed by atoms with Crippen molar-refractivity contribution in [2.75, 3.05) is 0 Å². The van der Waals surface area contributed by atoms with Gasteiger partial charge >= 0.3 is 0 Å². The molecule has 4 rings (SSSR count). The second kappa shape index (κ2) is 3.28. The third kappa shape index (κ3) is 1.19. The molecule has 1 heterocycles. The Morgan fingerprint density at radius 1 is 1.26 bits per heavy atom. The summed E-state index contributed by atoms with van der Waals surface area (Å²) < 4.78 is 0. The van der Waals surface area contributed by atoms with E-state index in [9.17, 15) is 4.79 Å². The first-order chi connectivity index (χ1) is 8.95. The fraction of sp³-hybridized carbons (Fsp3) is 0.647. The van der Waals surface area contributed by atoms with E-state index < -0.39 is 0 Å². The summed E-state index contributed by atoms with van der Waals surface area (Å²) in [5.74, 6) is 0.899. The van der Waals surface area contributed by atoms with Crippen molar-refractivity contribution in [3.05, 3.63) is 28.6 Å². The minimum absolute atomic E-state index is 0.166. The van der Waals surface area contributed by atoms with Crippen LogP contribution in [0.15, 0.2) is 6.07 Å². The van der Waals surface area contributed by atoms with Crippen molar-refractivity contribution >= 4 is 5.78 Å². The maximum atomic E-state index is 12.1. The lowest BCUT2D eigenvalue weighted by atomic mass is 9.70. The van der Waals surface area contributed by atoms with E-state index >= 15 is 0 Å². The van der Waals surface area contributed by atoms with Crippen LogP contribution in [0.25, 0.3) is 0 Å². The Morgan fingerprint density at radius 3 is 2.84 bits per heavy atom. The molecule has 0 saturated heterocycles. The number of fused-ring (bicyclic) bond motifs is 6. The molecule has 2 nitrogen and oxygen atoms in total. The minimum atomic E-state index is 0.166. The summed E-state index contributed by atoms with van der Waals surface area (Å²) in [6.45, 7) is 7.12. The molecule has 0 unspecified atom stereocenters. The molecule has 2 atom stereocenters. The first-order valence-corrected chi connectivity index (χ1v) is 7.52. The lowest BCUT2D eigenvalue weighted by Gasteiger charge is -2.34. The average Bonchev–Trinajstić information content (AvgIpc) is 2.69. The summed E-state index contributed by atoms with van der Waals surface area (Å²) in [6.07, 6.45) is 5.22. The van der Waals surface area contributed by atoms with Crippen LogP contribution in [-0.4, -0.2) is 10.8 Å². The Bertz CT molecular complexity index is 602. The zero-order chi connectivity index (χ0) is 13.4. The van der Waals surface area contributed by atoms with Gasteiger partial charge in [0.25, 0.3) is 0 Å². The van der Waals surface area contributed by atoms with Crippen molar-refractivity contribution in [1.82, 2.24) is 4.98 Å². The summed E-state index contributed by atoms with van der Waals surface area (Å²) in [6, 6.07) is 2.32. The number of hydrogen-bond donors (Lipinski definition) is 0. The van der Waals surface area contributed by atoms with E-state index in [0.717, 1.165) is 18.5 Å². The molecule has 0 radical (unpaired) electrons. The molecular formula is C17H21NO. The highest BCUT2D eigenvalue weighted by atomic mass is 16.1. The first kappa shape index (κ1) is 11.6. The molecule has 0 N–H and O–H groups in total. The van der Waals surface area contributed by atoms with Gasteiger partial charge in [0.15, 0.2) is 5.78 Å². The summed E-state index contributed by atoms with van der Waals surface area (Å²) in [5.41, 5.74) is 5.14. The van der Waals surface area contributed by atoms with Crippen LogP contribution >= 0.6 is 0 Å². The maximum absolute atomic E-state index is 12.1. The monoisotopic (exact) mass is 255 g/mol. The molecule has 1 fully saturated rings. The van der Waals surface area contributed by atoms with E-state index in [-0.39, 0.29) is 16.6 Å². The summed E-state index contributed by atoms with van der Waals surface area (Å²) >= 11 is 0. The highest BCUT2D eigenvalue weighted by molar-refractivity contribution is 5.96. The fourth-order valence-electron chi connectivity index (χ4n) is 4.74. The van der Waals surface area contributed by atoms with Crippen molar-refractivity contribution in [3.8, 4) is 0 Å². The van der Waals surface area contributed by atoms with Gasteiger partial charge in [-0.25, -0.2) is 4.98 Å². The van der Waals surface area contributed by atoms with Crippen molar-refractivity contribution in [2.24, 2.45) is 5.41 Å². The zero-order valence-corrected chi connectivity index (χ0v) is 12.0. The number of rotatable bonds is 0. The smallest absolute Gasteiger partial charge is 0.181 e. The number of ketones is 1. The van der Waals surface area contributed by atoms with Crippen LogP contribution in [0, 0.1) is 5.41 Å². The topological polar surface area (TPSA) is 30.0 Å². The zero-order valence-electron chi connectivity index (χ0n) is 12.0. The SMILES string of the molecule is CC1(C)[C@@H]2CC[C@@]1(C)c1nc3c(cc12)CCCC3=O. The highest BCUT2D eigenvalue weighted by Crippen LogP contribution is 2.67. The standard InChI is InChI=1S/C17H21NO/c1-16(2)12-7-8-17(16,3)15-11(12)9-10-5-4-6-13(19)14(10)18-15/h9,12H,4-8H2,1-3H3/t12-,17+/m1/s1. The maximum Gasteiger partial charge on any atom is 0.181 e. The normalized spacial score (nSPS) is 34.3. The van der Waals surface area contributed by atoms with Crippen LogP contribution in [-0.2, 0) is 11.8 Å². The van der Waals surface area contributed by atoms with Gasteiger partial charge in [0.2, 0.25) is 0 Å². The largest absolute Gasteiger partial charge is 0.292 e. The predicted molar refractivity (Wildman–Crippen MR) is 74.6 cm³/mol. The molecule has 19 heavy (non-hydrogen) atoms. The van der Waals surface area contributed by atoms with Gasteiger partial charge in [-0.15, -0.1) is 0 Å². The van der Waals surface area contributed by atoms with Crippen LogP contribution in [0.2, 0.25) is 0 Å². The highest BCUT2D eigenvalue weighted by Gasteiger charge is 2.60. The Hall–Kier alpha value is -1.18. The molecule has 2 bridgehead atoms. The molecule has 0 aliphatic heterocycles. The number of Topliss-reactive ketones (excluding diaryl/α,β-unsaturated/α-hetero) is 1. The van der Waals surface area contributed by atoms with E-state index in [4.69, 9.17) is 4.98 Å². The molecule has 0 aromatic carbocycles. The molecule has 3 aliphatic carbocycles. The van der Waals surface area contributed by atoms with E-state index in [1.54, 1.807) is 0 Å². The molecule has 1 saturated carbocycles. The second-order valence-corrected chi connectivity index (χ2v) is 7.36. The van der Waals surface area contributed by atoms with Crippen molar-refractivity contribution < 1.29 is 4.79 Å². The quantitative estimate of drug-likeness (QED) is 0.706. The third-order valence-electron chi connectivity index (χ3n) is 6.37. The Morgan fingerprint density at radius 2 is 2.05 bits per heavy atom. The second-order valence-electron chi connectivity index (χ2n) is 7.36. The van der Waals surface area contributed by atoms with E-state index in [0.29, 0.717) is 12.3 Å². The third-order valence-corrected chi connectivity index (χ3v) is 6.37. The lowest BCUT2D eigenvalue weighted by molar-refractivity contribution is 0.0966. The van der Waals surface area contributed by atoms with Gasteiger partial charge in [-0.3, -0.25) is 4.79 Å². The van der Waals surface area contributed by atoms with E-state index in [2.05, 4.69) is 26.8 Å². The van der Waals surface area contributed by atoms with Gasteiger partial charge in [0.05, 0.1) is 5.69 Å². The molecule has 3 aliphatic rings. The van der Waals surface area contributed by atoms with Gasteiger partial charge in [0, 0.05) is 11.8 Å². The van der Waals surface area contributed by atoms with Gasteiger partial charge in [-0.05, 0) is 48.1 Å². The van der Waals surface area contributed by atoms with Crippen molar-refractivity contribution in [1.29, 1.82) is 0 Å². The summed E-state index contributed by atoms with van der Waals surface area (Å²) in [4.78, 5) is 17.0. The lowest BCUT2D eigenvalue weighted by Crippen LogP contribution is -2.32. The van der Waals surface area contributed by atoms with Crippen LogP contribution in [0.5, 0.6) is 0 Å².